The van der Waals surface area contributed by atoms with Crippen molar-refractivity contribution < 1.29 is 0 Å². The average Bonchev–Trinajstić information content (AvgIpc) is 1.69. The summed E-state index contributed by atoms with van der Waals surface area (Å²) >= 11 is 5.33. The highest BCUT2D eigenvalue weighted by molar-refractivity contribution is 6.27. The molecule has 0 saturated heterocycles. The van der Waals surface area contributed by atoms with Crippen LogP contribution in [0.25, 0.3) is 0 Å². The van der Waals surface area contributed by atoms with Crippen LogP contribution in [0, 0.1) is 5.62 Å². The summed E-state index contributed by atoms with van der Waals surface area (Å²) in [7, 11) is 0. The third-order valence-corrected chi connectivity index (χ3v) is 0.703. The van der Waals surface area contributed by atoms with Gasteiger partial charge in [0.25, 0.3) is 5.62 Å². The fourth-order valence-electron chi connectivity index (χ4n) is 0.245. The lowest BCUT2D eigenvalue weighted by molar-refractivity contribution is 1.02. The molecular weight excluding hydrogens is 114 g/mol. The predicted molar refractivity (Wildman–Crippen MR) is 29.2 cm³/mol. The van der Waals surface area contributed by atoms with Crippen LogP contribution in [0.1, 0.15) is 0 Å². The topological polar surface area (TPSA) is 36.8 Å². The van der Waals surface area contributed by atoms with E-state index in [1.807, 2.05) is 0 Å². The first-order valence-electron chi connectivity index (χ1n) is 1.73. The zero-order valence-corrected chi connectivity index (χ0v) is 4.18. The van der Waals surface area contributed by atoms with Crippen molar-refractivity contribution in [2.45, 2.75) is 0 Å². The van der Waals surface area contributed by atoms with Gasteiger partial charge in [-0.25, -0.2) is 9.98 Å². The van der Waals surface area contributed by atoms with Gasteiger partial charge in [0.2, 0.25) is 0 Å². The lowest BCUT2D eigenvalue weighted by Crippen LogP contribution is -2.15. The Kier molecular flexibility index (Phi) is 1.26. The third-order valence-electron chi connectivity index (χ3n) is 0.496. The monoisotopic (exact) mass is 116 g/mol. The number of hydrogen-bond acceptors (Lipinski definition) is 3. The Morgan fingerprint density at radius 3 is 2.86 bits per heavy atom. The zero-order valence-electron chi connectivity index (χ0n) is 3.43. The van der Waals surface area contributed by atoms with Gasteiger partial charge in [-0.05, 0) is 0 Å². The lowest BCUT2D eigenvalue weighted by Gasteiger charge is -2.00. The van der Waals surface area contributed by atoms with Gasteiger partial charge in [0.15, 0.2) is 0 Å². The predicted octanol–water partition coefficient (Wildman–Crippen LogP) is 0.332. The molecule has 1 rings (SSSR count). The highest BCUT2D eigenvalue weighted by Crippen LogP contribution is 2.01. The van der Waals surface area contributed by atoms with E-state index in [2.05, 4.69) is 15.3 Å². The van der Waals surface area contributed by atoms with E-state index in [-0.39, 0.29) is 0 Å². The quantitative estimate of drug-likeness (QED) is 0.455. The molecule has 0 atom stereocenters. The van der Waals surface area contributed by atoms with Crippen LogP contribution < -0.4 is 5.32 Å². The lowest BCUT2D eigenvalue weighted by atomic mass is 10.9. The third kappa shape index (κ3) is 1.16. The summed E-state index contributed by atoms with van der Waals surface area (Å²) in [5.41, 5.74) is 0.356. The van der Waals surface area contributed by atoms with E-state index >= 15 is 0 Å². The maximum Gasteiger partial charge on any atom is 0.268 e. The summed E-state index contributed by atoms with van der Waals surface area (Å²) in [6.45, 7) is 0. The highest BCUT2D eigenvalue weighted by atomic mass is 35.5. The Bertz CT molecular complexity index is 109. The summed E-state index contributed by atoms with van der Waals surface area (Å²) in [6.07, 6.45) is 2.84. The normalized spacial score (nSPS) is 19.6. The van der Waals surface area contributed by atoms with E-state index < -0.39 is 0 Å². The van der Waals surface area contributed by atoms with E-state index in [1.54, 1.807) is 0 Å². The van der Waals surface area contributed by atoms with Crippen LogP contribution in [-0.2, 0) is 0 Å². The SMILES string of the molecule is Cl[C]1N=CN=CN1. The summed E-state index contributed by atoms with van der Waals surface area (Å²) in [5, 5.41) is 2.57. The average molecular weight is 117 g/mol. The van der Waals surface area contributed by atoms with Gasteiger partial charge in [0.05, 0.1) is 6.34 Å². The largest absolute Gasteiger partial charge is 0.335 e. The Morgan fingerprint density at radius 2 is 2.57 bits per heavy atom. The van der Waals surface area contributed by atoms with Gasteiger partial charge < -0.3 is 5.32 Å². The van der Waals surface area contributed by atoms with Crippen molar-refractivity contribution in [2.75, 3.05) is 0 Å². The number of nitrogens with one attached hydrogen (secondary N) is 1. The van der Waals surface area contributed by atoms with Crippen LogP contribution in [-0.4, -0.2) is 12.7 Å². The Balaban J connectivity index is 2.49. The molecule has 7 heavy (non-hydrogen) atoms. The minimum Gasteiger partial charge on any atom is -0.335 e. The molecule has 1 aliphatic rings. The molecule has 1 aliphatic heterocycles. The number of nitrogens with zero attached hydrogens (tertiary/aromatic N) is 2. The smallest absolute Gasteiger partial charge is 0.268 e. The molecule has 1 radical (unpaired) electrons. The maximum absolute atomic E-state index is 5.33. The molecule has 1 heterocycles. The number of rotatable bonds is 0. The van der Waals surface area contributed by atoms with Gasteiger partial charge in [-0.1, -0.05) is 11.6 Å². The molecule has 0 aliphatic carbocycles. The van der Waals surface area contributed by atoms with Crippen LogP contribution in [0.4, 0.5) is 0 Å². The Labute approximate surface area is 46.1 Å². The first-order chi connectivity index (χ1) is 3.39. The Hall–Kier alpha value is -0.570. The van der Waals surface area contributed by atoms with Crippen molar-refractivity contribution >= 4 is 24.3 Å². The fraction of sp³-hybridized carbons (Fsp3) is 0. The first kappa shape index (κ1) is 4.59. The zero-order chi connectivity index (χ0) is 5.11. The Morgan fingerprint density at radius 1 is 1.71 bits per heavy atom. The molecule has 0 spiro atoms. The van der Waals surface area contributed by atoms with Gasteiger partial charge in [-0.2, -0.15) is 0 Å². The summed E-state index contributed by atoms with van der Waals surface area (Å²) in [6, 6.07) is 0. The van der Waals surface area contributed by atoms with Crippen LogP contribution >= 0.6 is 11.6 Å². The van der Waals surface area contributed by atoms with Crippen LogP contribution in [0.2, 0.25) is 0 Å². The van der Waals surface area contributed by atoms with Gasteiger partial charge in [0, 0.05) is 0 Å². The van der Waals surface area contributed by atoms with Crippen molar-refractivity contribution in [3.63, 3.8) is 0 Å². The molecule has 0 amide bonds. The van der Waals surface area contributed by atoms with Crippen molar-refractivity contribution in [1.29, 1.82) is 0 Å². The van der Waals surface area contributed by atoms with Crippen LogP contribution in [0.3, 0.4) is 0 Å². The molecule has 0 aromatic heterocycles. The molecule has 1 N–H and O–H groups in total. The number of hydrogen-bond donors (Lipinski definition) is 1. The van der Waals surface area contributed by atoms with Gasteiger partial charge >= 0.3 is 0 Å². The van der Waals surface area contributed by atoms with Crippen LogP contribution in [0.5, 0.6) is 0 Å². The molecule has 0 unspecified atom stereocenters. The standard InChI is InChI=1S/C3H3ClN3/c4-3-6-1-5-2-7-3/h1-2H,(H,5,6,7). The maximum atomic E-state index is 5.33. The molecule has 3 nitrogen and oxygen atoms in total. The first-order valence-corrected chi connectivity index (χ1v) is 2.10. The van der Waals surface area contributed by atoms with Gasteiger partial charge in [-0.3, -0.25) is 0 Å². The summed E-state index contributed by atoms with van der Waals surface area (Å²) in [4.78, 5) is 7.17. The second-order valence-corrected chi connectivity index (χ2v) is 1.32. The van der Waals surface area contributed by atoms with E-state index in [0.717, 1.165) is 0 Å². The van der Waals surface area contributed by atoms with E-state index in [1.165, 1.54) is 12.7 Å². The van der Waals surface area contributed by atoms with E-state index in [9.17, 15) is 0 Å². The summed E-state index contributed by atoms with van der Waals surface area (Å²) in [5.74, 6) is 0. The van der Waals surface area contributed by atoms with Gasteiger partial charge in [-0.15, -0.1) is 0 Å². The van der Waals surface area contributed by atoms with E-state index in [4.69, 9.17) is 11.6 Å². The molecule has 0 bridgehead atoms. The highest BCUT2D eigenvalue weighted by Gasteiger charge is 1.98. The number of halogens is 1. The van der Waals surface area contributed by atoms with Gasteiger partial charge in [0.1, 0.15) is 6.34 Å². The molecule has 0 aromatic rings. The fourth-order valence-corrected chi connectivity index (χ4v) is 0.338. The minimum atomic E-state index is 0.356. The summed E-state index contributed by atoms with van der Waals surface area (Å²) < 4.78 is 0. The van der Waals surface area contributed by atoms with Crippen molar-refractivity contribution in [3.8, 4) is 0 Å². The second-order valence-electron chi connectivity index (χ2n) is 0.958. The molecule has 0 aromatic carbocycles. The molecule has 0 saturated carbocycles. The molecular formula is C3H3ClN3. The van der Waals surface area contributed by atoms with Crippen molar-refractivity contribution in [1.82, 2.24) is 5.32 Å². The minimum absolute atomic E-state index is 0.356. The second kappa shape index (κ2) is 1.93. The molecule has 37 valence electrons. The number of aliphatic imine (C=N–C) groups is 2. The van der Waals surface area contributed by atoms with Crippen LogP contribution in [0.15, 0.2) is 9.98 Å². The van der Waals surface area contributed by atoms with Crippen molar-refractivity contribution in [3.05, 3.63) is 5.62 Å². The van der Waals surface area contributed by atoms with E-state index in [0.29, 0.717) is 5.62 Å². The molecule has 4 heteroatoms. The molecule has 0 fully saturated rings. The van der Waals surface area contributed by atoms with Crippen molar-refractivity contribution in [2.24, 2.45) is 9.98 Å².